The number of rotatable bonds is 13. The van der Waals surface area contributed by atoms with E-state index >= 15 is 0 Å². The summed E-state index contributed by atoms with van der Waals surface area (Å²) in [7, 11) is 1.61. The standard InChI is InChI=1S/C33H41N5O4S/c1-23(9-12-26-7-4-3-6-24(21-34-26)29(40)8-5-17-39)10-13-27-20-28-31(43-27)33(38-15-18-42-19-16-38)37-32(36-28)25-11-14-30(41-2)35-22-25/h3,6,11,14,20-23,39H,4-5,7-10,12-13,15-19H2,1-2H3/b6-3-,24-21+,34-26?. The maximum absolute atomic E-state index is 12.4. The summed E-state index contributed by atoms with van der Waals surface area (Å²) >= 11 is 1.80. The number of carbonyl (C=O) groups excluding carboxylic acids is 1. The highest BCUT2D eigenvalue weighted by molar-refractivity contribution is 7.19. The number of carbonyl (C=O) groups is 1. The number of morpholine rings is 1. The molecule has 2 aliphatic heterocycles. The lowest BCUT2D eigenvalue weighted by Crippen LogP contribution is -2.36. The number of aryl methyl sites for hydroxylation is 1. The predicted molar refractivity (Wildman–Crippen MR) is 172 cm³/mol. The summed E-state index contributed by atoms with van der Waals surface area (Å²) in [5.74, 6) is 2.79. The quantitative estimate of drug-likeness (QED) is 0.255. The first-order chi connectivity index (χ1) is 21.0. The van der Waals surface area contributed by atoms with Crippen molar-refractivity contribution in [2.24, 2.45) is 10.9 Å². The third-order valence-electron chi connectivity index (χ3n) is 7.90. The zero-order valence-corrected chi connectivity index (χ0v) is 25.9. The van der Waals surface area contributed by atoms with Crippen molar-refractivity contribution < 1.29 is 19.4 Å². The minimum absolute atomic E-state index is 0.0293. The number of ketones is 1. The second-order valence-electron chi connectivity index (χ2n) is 11.1. The van der Waals surface area contributed by atoms with E-state index in [4.69, 9.17) is 29.5 Å². The van der Waals surface area contributed by atoms with Gasteiger partial charge in [0.05, 0.1) is 30.5 Å². The molecule has 5 heterocycles. The molecule has 1 N–H and O–H groups in total. The van der Waals surface area contributed by atoms with Crippen molar-refractivity contribution in [3.05, 3.63) is 53.2 Å². The number of hydrogen-bond acceptors (Lipinski definition) is 10. The van der Waals surface area contributed by atoms with Crippen LogP contribution in [0.3, 0.4) is 0 Å². The number of aromatic nitrogens is 3. The number of nitrogens with zero attached hydrogens (tertiary/aromatic N) is 5. The SMILES string of the molecule is COc1ccc(-c2nc(N3CCOCC3)c3sc(CCC(C)CCC4=N/C=C(C(=O)CCCO)\C=C/CC4)cc3n2)cn1. The number of ether oxygens (including phenoxy) is 2. The summed E-state index contributed by atoms with van der Waals surface area (Å²) in [6, 6.07) is 6.02. The Morgan fingerprint density at radius 2 is 2.02 bits per heavy atom. The number of methoxy groups -OCH3 is 1. The van der Waals surface area contributed by atoms with Crippen LogP contribution < -0.4 is 9.64 Å². The van der Waals surface area contributed by atoms with Crippen LogP contribution in [0.5, 0.6) is 5.88 Å². The lowest BCUT2D eigenvalue weighted by molar-refractivity contribution is -0.115. The topological polar surface area (TPSA) is 110 Å². The third kappa shape index (κ3) is 8.34. The highest BCUT2D eigenvalue weighted by Crippen LogP contribution is 2.35. The average molecular weight is 604 g/mol. The van der Waals surface area contributed by atoms with Crippen LogP contribution in [-0.2, 0) is 16.0 Å². The van der Waals surface area contributed by atoms with E-state index in [0.717, 1.165) is 78.9 Å². The Bertz CT molecular complexity index is 1470. The Morgan fingerprint density at radius 3 is 2.79 bits per heavy atom. The largest absolute Gasteiger partial charge is 0.481 e. The molecule has 43 heavy (non-hydrogen) atoms. The van der Waals surface area contributed by atoms with E-state index in [1.54, 1.807) is 30.8 Å². The molecule has 0 amide bonds. The number of aliphatic hydroxyl groups is 1. The molecule has 3 aromatic rings. The first-order valence-corrected chi connectivity index (χ1v) is 16.1. The highest BCUT2D eigenvalue weighted by atomic mass is 32.1. The van der Waals surface area contributed by atoms with Gasteiger partial charge in [0, 0.05) is 66.3 Å². The summed E-state index contributed by atoms with van der Waals surface area (Å²) in [5.41, 5.74) is 3.62. The number of pyridine rings is 1. The third-order valence-corrected chi connectivity index (χ3v) is 9.08. The fourth-order valence-electron chi connectivity index (χ4n) is 5.25. The molecule has 5 rings (SSSR count). The molecule has 0 radical (unpaired) electrons. The van der Waals surface area contributed by atoms with Crippen molar-refractivity contribution in [2.45, 2.75) is 58.3 Å². The van der Waals surface area contributed by atoms with Crippen molar-refractivity contribution >= 4 is 38.9 Å². The van der Waals surface area contributed by atoms with Gasteiger partial charge in [0.2, 0.25) is 5.88 Å². The number of fused-ring (bicyclic) bond motifs is 1. The van der Waals surface area contributed by atoms with Gasteiger partial charge in [0.15, 0.2) is 17.4 Å². The van der Waals surface area contributed by atoms with Crippen LogP contribution >= 0.6 is 11.3 Å². The average Bonchev–Trinajstić information content (AvgIpc) is 3.45. The van der Waals surface area contributed by atoms with Crippen LogP contribution in [-0.4, -0.2) is 71.6 Å². The number of hydrogen-bond donors (Lipinski definition) is 1. The van der Waals surface area contributed by atoms with E-state index in [1.165, 1.54) is 4.88 Å². The predicted octanol–water partition coefficient (Wildman–Crippen LogP) is 5.96. The molecule has 0 aromatic carbocycles. The van der Waals surface area contributed by atoms with Gasteiger partial charge in [-0.05, 0) is 63.0 Å². The molecule has 1 saturated heterocycles. The molecule has 1 fully saturated rings. The minimum atomic E-state index is 0.0293. The number of anilines is 1. The molecular formula is C33H41N5O4S. The Labute approximate surface area is 257 Å². The van der Waals surface area contributed by atoms with Crippen molar-refractivity contribution in [3.63, 3.8) is 0 Å². The molecule has 0 spiro atoms. The van der Waals surface area contributed by atoms with Gasteiger partial charge in [-0.3, -0.25) is 9.79 Å². The Balaban J connectivity index is 1.25. The molecule has 3 aromatic heterocycles. The molecule has 228 valence electrons. The fourth-order valence-corrected chi connectivity index (χ4v) is 6.38. The summed E-state index contributed by atoms with van der Waals surface area (Å²) in [6.07, 6.45) is 14.1. The van der Waals surface area contributed by atoms with Gasteiger partial charge in [0.25, 0.3) is 0 Å². The molecule has 9 nitrogen and oxygen atoms in total. The Hall–Kier alpha value is -3.47. The van der Waals surface area contributed by atoms with Gasteiger partial charge in [-0.15, -0.1) is 11.3 Å². The highest BCUT2D eigenvalue weighted by Gasteiger charge is 2.21. The van der Waals surface area contributed by atoms with E-state index < -0.39 is 0 Å². The Kier molecular flexibility index (Phi) is 11.0. The molecule has 0 bridgehead atoms. The number of allylic oxidation sites excluding steroid dienone is 3. The van der Waals surface area contributed by atoms with Crippen molar-refractivity contribution in [1.82, 2.24) is 15.0 Å². The first kappa shape index (κ1) is 31.0. The maximum atomic E-state index is 12.4. The summed E-state index contributed by atoms with van der Waals surface area (Å²) in [6.45, 7) is 5.35. The molecular weight excluding hydrogens is 562 g/mol. The summed E-state index contributed by atoms with van der Waals surface area (Å²) < 4.78 is 12.0. The van der Waals surface area contributed by atoms with Gasteiger partial charge >= 0.3 is 0 Å². The summed E-state index contributed by atoms with van der Waals surface area (Å²) in [5, 5.41) is 9.03. The monoisotopic (exact) mass is 603 g/mol. The van der Waals surface area contributed by atoms with Crippen LogP contribution in [0.1, 0.15) is 56.7 Å². The number of aliphatic hydroxyl groups excluding tert-OH is 1. The van der Waals surface area contributed by atoms with Crippen LogP contribution in [0.15, 0.2) is 53.3 Å². The molecule has 2 aliphatic rings. The van der Waals surface area contributed by atoms with Gasteiger partial charge < -0.3 is 19.5 Å². The smallest absolute Gasteiger partial charge is 0.212 e. The van der Waals surface area contributed by atoms with E-state index in [0.29, 0.717) is 49.3 Å². The van der Waals surface area contributed by atoms with Crippen molar-refractivity contribution in [3.8, 4) is 17.3 Å². The van der Waals surface area contributed by atoms with Crippen LogP contribution in [0.25, 0.3) is 21.6 Å². The molecule has 0 aliphatic carbocycles. The van der Waals surface area contributed by atoms with Crippen LogP contribution in [0.4, 0.5) is 5.82 Å². The normalized spacial score (nSPS) is 18.3. The number of aliphatic imine (C=N–C) groups is 1. The van der Waals surface area contributed by atoms with Crippen LogP contribution in [0.2, 0.25) is 0 Å². The van der Waals surface area contributed by atoms with Gasteiger partial charge in [-0.2, -0.15) is 0 Å². The lowest BCUT2D eigenvalue weighted by atomic mass is 9.96. The number of Topliss-reactive ketones (excluding diaryl/α,β-unsaturated/α-hetero) is 1. The van der Waals surface area contributed by atoms with E-state index in [1.807, 2.05) is 18.2 Å². The fraction of sp³-hybridized carbons (Fsp3) is 0.485. The van der Waals surface area contributed by atoms with Gasteiger partial charge in [-0.1, -0.05) is 19.1 Å². The zero-order valence-electron chi connectivity index (χ0n) is 25.1. The summed E-state index contributed by atoms with van der Waals surface area (Å²) in [4.78, 5) is 35.0. The zero-order chi connectivity index (χ0) is 30.0. The maximum Gasteiger partial charge on any atom is 0.212 e. The van der Waals surface area contributed by atoms with Crippen molar-refractivity contribution in [1.29, 1.82) is 0 Å². The molecule has 1 atom stereocenters. The van der Waals surface area contributed by atoms with Crippen molar-refractivity contribution in [2.75, 3.05) is 44.9 Å². The first-order valence-electron chi connectivity index (χ1n) is 15.2. The molecule has 10 heteroatoms. The lowest BCUT2D eigenvalue weighted by Gasteiger charge is -2.28. The van der Waals surface area contributed by atoms with E-state index in [9.17, 15) is 4.79 Å². The Morgan fingerprint density at radius 1 is 1.19 bits per heavy atom. The molecule has 1 unspecified atom stereocenters. The van der Waals surface area contributed by atoms with Crippen LogP contribution in [0, 0.1) is 5.92 Å². The van der Waals surface area contributed by atoms with E-state index in [-0.39, 0.29) is 12.4 Å². The number of thiophene rings is 1. The van der Waals surface area contributed by atoms with E-state index in [2.05, 4.69) is 29.0 Å². The van der Waals surface area contributed by atoms with Gasteiger partial charge in [-0.25, -0.2) is 15.0 Å². The van der Waals surface area contributed by atoms with Gasteiger partial charge in [0.1, 0.15) is 0 Å². The second kappa shape index (κ2) is 15.3. The minimum Gasteiger partial charge on any atom is -0.481 e. The second-order valence-corrected chi connectivity index (χ2v) is 12.3. The molecule has 0 saturated carbocycles.